The lowest BCUT2D eigenvalue weighted by molar-refractivity contribution is -0.0562. The molecule has 0 saturated carbocycles. The highest BCUT2D eigenvalue weighted by Gasteiger charge is 2.42. The summed E-state index contributed by atoms with van der Waals surface area (Å²) in [4.78, 5) is 6.94. The summed E-state index contributed by atoms with van der Waals surface area (Å²) in [6.45, 7) is 4.60. The smallest absolute Gasteiger partial charge is 0.0952 e. The fraction of sp³-hybridized carbons (Fsp3) is 0.526. The minimum absolute atomic E-state index is 0.271. The van der Waals surface area contributed by atoms with Gasteiger partial charge in [-0.3, -0.25) is 9.88 Å². The van der Waals surface area contributed by atoms with Gasteiger partial charge in [-0.2, -0.15) is 0 Å². The van der Waals surface area contributed by atoms with Gasteiger partial charge in [0.15, 0.2) is 0 Å². The highest BCUT2D eigenvalue weighted by atomic mass is 16.3. The molecule has 2 bridgehead atoms. The van der Waals surface area contributed by atoms with Crippen molar-refractivity contribution in [1.82, 2.24) is 9.88 Å². The first-order valence-corrected chi connectivity index (χ1v) is 8.53. The Bertz CT molecular complexity index is 666. The highest BCUT2D eigenvalue weighted by Crippen LogP contribution is 2.42. The third kappa shape index (κ3) is 2.24. The Labute approximate surface area is 132 Å². The number of pyridine rings is 1. The van der Waals surface area contributed by atoms with Gasteiger partial charge in [-0.1, -0.05) is 31.5 Å². The van der Waals surface area contributed by atoms with E-state index in [4.69, 9.17) is 0 Å². The quantitative estimate of drug-likeness (QED) is 0.943. The van der Waals surface area contributed by atoms with Gasteiger partial charge in [0, 0.05) is 24.2 Å². The van der Waals surface area contributed by atoms with E-state index in [9.17, 15) is 5.11 Å². The van der Waals surface area contributed by atoms with Crippen LogP contribution in [0.3, 0.4) is 0 Å². The van der Waals surface area contributed by atoms with Crippen molar-refractivity contribution >= 4 is 10.9 Å². The van der Waals surface area contributed by atoms with Crippen molar-refractivity contribution in [3.63, 3.8) is 0 Å². The standard InChI is InChI=1S/C19H24N2O/c1-2-13-12-21-10-8-14(13)11-18(21)19(22)16-7-9-20-17-6-4-3-5-15(16)17/h3-7,9,13-14,18-19,22H,2,8,10-12H2,1H3/t13-,14-,18+,19-/m1/s1. The lowest BCUT2D eigenvalue weighted by atomic mass is 9.72. The van der Waals surface area contributed by atoms with Crippen molar-refractivity contribution < 1.29 is 5.11 Å². The van der Waals surface area contributed by atoms with Crippen molar-refractivity contribution in [3.8, 4) is 0 Å². The predicted octanol–water partition coefficient (Wildman–Crippen LogP) is 3.39. The van der Waals surface area contributed by atoms with E-state index in [-0.39, 0.29) is 6.04 Å². The molecular formula is C19H24N2O. The molecule has 1 aromatic heterocycles. The molecule has 1 aromatic carbocycles. The lowest BCUT2D eigenvalue weighted by Crippen LogP contribution is -2.55. The van der Waals surface area contributed by atoms with Gasteiger partial charge >= 0.3 is 0 Å². The molecule has 5 atom stereocenters. The zero-order chi connectivity index (χ0) is 15.1. The minimum atomic E-state index is -0.409. The lowest BCUT2D eigenvalue weighted by Gasteiger charge is -2.51. The summed E-state index contributed by atoms with van der Waals surface area (Å²) < 4.78 is 0. The van der Waals surface area contributed by atoms with E-state index in [1.54, 1.807) is 0 Å². The predicted molar refractivity (Wildman–Crippen MR) is 88.6 cm³/mol. The van der Waals surface area contributed by atoms with Gasteiger partial charge in [0.05, 0.1) is 11.6 Å². The molecule has 5 rings (SSSR count). The molecule has 3 heteroatoms. The van der Waals surface area contributed by atoms with E-state index in [0.29, 0.717) is 0 Å². The van der Waals surface area contributed by atoms with Gasteiger partial charge in [-0.05, 0) is 48.9 Å². The maximum atomic E-state index is 11.1. The summed E-state index contributed by atoms with van der Waals surface area (Å²) in [7, 11) is 0. The molecule has 3 nitrogen and oxygen atoms in total. The van der Waals surface area contributed by atoms with Crippen LogP contribution in [0, 0.1) is 11.8 Å². The number of aromatic nitrogens is 1. The van der Waals surface area contributed by atoms with Crippen LogP contribution in [-0.2, 0) is 0 Å². The summed E-state index contributed by atoms with van der Waals surface area (Å²) in [5.74, 6) is 1.62. The van der Waals surface area contributed by atoms with E-state index in [2.05, 4.69) is 22.9 Å². The second-order valence-corrected chi connectivity index (χ2v) is 6.88. The number of para-hydroxylation sites is 1. The Balaban J connectivity index is 1.66. The topological polar surface area (TPSA) is 36.4 Å². The fourth-order valence-electron chi connectivity index (χ4n) is 4.55. The van der Waals surface area contributed by atoms with Crippen molar-refractivity contribution in [2.24, 2.45) is 11.8 Å². The molecule has 22 heavy (non-hydrogen) atoms. The highest BCUT2D eigenvalue weighted by molar-refractivity contribution is 5.82. The third-order valence-electron chi connectivity index (χ3n) is 5.83. The van der Waals surface area contributed by atoms with E-state index in [1.807, 2.05) is 30.5 Å². The molecule has 3 fully saturated rings. The van der Waals surface area contributed by atoms with Crippen LogP contribution in [0.2, 0.25) is 0 Å². The average molecular weight is 296 g/mol. The maximum Gasteiger partial charge on any atom is 0.0952 e. The van der Waals surface area contributed by atoms with Crippen LogP contribution in [0.15, 0.2) is 36.5 Å². The minimum Gasteiger partial charge on any atom is -0.387 e. The first-order valence-electron chi connectivity index (χ1n) is 8.53. The number of nitrogens with zero attached hydrogens (tertiary/aromatic N) is 2. The number of hydrogen-bond acceptors (Lipinski definition) is 3. The Morgan fingerprint density at radius 2 is 2.18 bits per heavy atom. The summed E-state index contributed by atoms with van der Waals surface area (Å²) in [6.07, 6.45) is 5.12. The van der Waals surface area contributed by atoms with Gasteiger partial charge < -0.3 is 5.11 Å². The monoisotopic (exact) mass is 296 g/mol. The van der Waals surface area contributed by atoms with Gasteiger partial charge in [0.2, 0.25) is 0 Å². The molecule has 3 saturated heterocycles. The zero-order valence-electron chi connectivity index (χ0n) is 13.2. The molecule has 0 amide bonds. The molecule has 1 unspecified atom stereocenters. The van der Waals surface area contributed by atoms with Crippen LogP contribution in [-0.4, -0.2) is 34.1 Å². The summed E-state index contributed by atoms with van der Waals surface area (Å²) in [5.41, 5.74) is 2.01. The number of aliphatic hydroxyl groups excluding tert-OH is 1. The third-order valence-corrected chi connectivity index (χ3v) is 5.83. The average Bonchev–Trinajstić information content (AvgIpc) is 2.60. The molecule has 3 aliphatic heterocycles. The van der Waals surface area contributed by atoms with E-state index >= 15 is 0 Å². The summed E-state index contributed by atoms with van der Waals surface area (Å²) in [6, 6.07) is 10.4. The normalized spacial score (nSPS) is 32.3. The van der Waals surface area contributed by atoms with Crippen molar-refractivity contribution in [1.29, 1.82) is 0 Å². The molecule has 3 aliphatic rings. The van der Waals surface area contributed by atoms with Crippen LogP contribution >= 0.6 is 0 Å². The first-order chi connectivity index (χ1) is 10.8. The Kier molecular flexibility index (Phi) is 3.63. The Morgan fingerprint density at radius 1 is 1.32 bits per heavy atom. The number of piperidine rings is 3. The number of fused-ring (bicyclic) bond motifs is 4. The van der Waals surface area contributed by atoms with Gasteiger partial charge in [-0.25, -0.2) is 0 Å². The van der Waals surface area contributed by atoms with Gasteiger partial charge in [-0.15, -0.1) is 0 Å². The number of benzene rings is 1. The number of hydrogen-bond donors (Lipinski definition) is 1. The molecule has 116 valence electrons. The van der Waals surface area contributed by atoms with E-state index in [0.717, 1.165) is 47.8 Å². The van der Waals surface area contributed by atoms with Crippen LogP contribution in [0.25, 0.3) is 10.9 Å². The summed E-state index contributed by atoms with van der Waals surface area (Å²) in [5, 5.41) is 12.1. The molecule has 1 N–H and O–H groups in total. The second-order valence-electron chi connectivity index (χ2n) is 6.88. The van der Waals surface area contributed by atoms with Gasteiger partial charge in [0.25, 0.3) is 0 Å². The van der Waals surface area contributed by atoms with Crippen LogP contribution < -0.4 is 0 Å². The SMILES string of the molecule is CC[C@@H]1CN2CC[C@@H]1C[C@H]2[C@H](O)c1ccnc2ccccc12. The van der Waals surface area contributed by atoms with Gasteiger partial charge in [0.1, 0.15) is 0 Å². The fourth-order valence-corrected chi connectivity index (χ4v) is 4.55. The van der Waals surface area contributed by atoms with Crippen molar-refractivity contribution in [3.05, 3.63) is 42.1 Å². The second kappa shape index (κ2) is 5.64. The molecule has 0 aliphatic carbocycles. The molecule has 4 heterocycles. The van der Waals surface area contributed by atoms with Crippen LogP contribution in [0.4, 0.5) is 0 Å². The maximum absolute atomic E-state index is 11.1. The first kappa shape index (κ1) is 14.2. The van der Waals surface area contributed by atoms with Crippen LogP contribution in [0.5, 0.6) is 0 Å². The molecule has 0 radical (unpaired) electrons. The van der Waals surface area contributed by atoms with E-state index in [1.165, 1.54) is 12.8 Å². The van der Waals surface area contributed by atoms with Crippen molar-refractivity contribution in [2.45, 2.75) is 38.3 Å². The largest absolute Gasteiger partial charge is 0.387 e. The molecule has 2 aromatic rings. The van der Waals surface area contributed by atoms with E-state index < -0.39 is 6.10 Å². The number of aliphatic hydroxyl groups is 1. The zero-order valence-corrected chi connectivity index (χ0v) is 13.2. The van der Waals surface area contributed by atoms with Crippen molar-refractivity contribution in [2.75, 3.05) is 13.1 Å². The molecular weight excluding hydrogens is 272 g/mol. The number of rotatable bonds is 3. The summed E-state index contributed by atoms with van der Waals surface area (Å²) >= 11 is 0. The Hall–Kier alpha value is -1.45. The Morgan fingerprint density at radius 3 is 2.95 bits per heavy atom. The van der Waals surface area contributed by atoms with Crippen LogP contribution in [0.1, 0.15) is 37.9 Å². The molecule has 0 spiro atoms.